The molecule has 0 saturated carbocycles. The van der Waals surface area contributed by atoms with E-state index in [0.29, 0.717) is 12.0 Å². The highest BCUT2D eigenvalue weighted by atomic mass is 19.1. The molecule has 2 aliphatic rings. The van der Waals surface area contributed by atoms with Gasteiger partial charge in [-0.25, -0.2) is 0 Å². The Morgan fingerprint density at radius 1 is 1.14 bits per heavy atom. The molecule has 2 N–H and O–H groups in total. The van der Waals surface area contributed by atoms with Gasteiger partial charge in [0.25, 0.3) is 0 Å². The van der Waals surface area contributed by atoms with Gasteiger partial charge in [-0.05, 0) is 64.4 Å². The second kappa shape index (κ2) is 20.8. The molecule has 1 fully saturated rings. The van der Waals surface area contributed by atoms with Gasteiger partial charge in [0.15, 0.2) is 12.1 Å². The van der Waals surface area contributed by atoms with Gasteiger partial charge in [-0.1, -0.05) is 56.7 Å². The van der Waals surface area contributed by atoms with Crippen molar-refractivity contribution >= 4 is 24.1 Å². The molecule has 1 aromatic heterocycles. The molecule has 12 atom stereocenters. The van der Waals surface area contributed by atoms with Gasteiger partial charge < -0.3 is 38.9 Å². The number of cyclic esters (lactones) is 1. The van der Waals surface area contributed by atoms with Crippen LogP contribution in [0.2, 0.25) is 0 Å². The minimum absolute atomic E-state index is 0.00693. The molecule has 0 amide bonds. The van der Waals surface area contributed by atoms with Gasteiger partial charge in [0.1, 0.15) is 24.6 Å². The van der Waals surface area contributed by atoms with Crippen molar-refractivity contribution in [3.05, 3.63) is 60.0 Å². The van der Waals surface area contributed by atoms with Crippen LogP contribution in [0.1, 0.15) is 65.9 Å². The number of aliphatic hydroxyl groups excluding tert-OH is 2. The van der Waals surface area contributed by atoms with E-state index >= 15 is 0 Å². The van der Waals surface area contributed by atoms with Crippen LogP contribution in [0, 0.1) is 23.7 Å². The van der Waals surface area contributed by atoms with E-state index in [2.05, 4.69) is 4.98 Å². The van der Waals surface area contributed by atoms with Crippen LogP contribution in [0.15, 0.2) is 54.4 Å². The summed E-state index contributed by atoms with van der Waals surface area (Å²) >= 11 is 0. The summed E-state index contributed by atoms with van der Waals surface area (Å²) < 4.78 is 38.8. The fourth-order valence-electron chi connectivity index (χ4n) is 6.94. The van der Waals surface area contributed by atoms with Gasteiger partial charge in [0, 0.05) is 36.6 Å². The molecule has 1 aromatic rings. The van der Waals surface area contributed by atoms with E-state index in [1.54, 1.807) is 52.2 Å². The highest BCUT2D eigenvalue weighted by molar-refractivity contribution is 5.91. The summed E-state index contributed by atoms with van der Waals surface area (Å²) in [6.07, 6.45) is 6.25. The van der Waals surface area contributed by atoms with E-state index in [0.717, 1.165) is 11.8 Å². The third-order valence-electron chi connectivity index (χ3n) is 9.88. The van der Waals surface area contributed by atoms with E-state index < -0.39 is 91.7 Å². The largest absolute Gasteiger partial charge is 0.462 e. The summed E-state index contributed by atoms with van der Waals surface area (Å²) in [6.45, 7) is 8.26. The minimum atomic E-state index is -1.29. The average Bonchev–Trinajstić information content (AvgIpc) is 3.10. The van der Waals surface area contributed by atoms with E-state index in [9.17, 15) is 29.0 Å². The number of hydrogen-bond acceptors (Lipinski definition) is 11. The molecule has 0 aliphatic carbocycles. The molecule has 3 heterocycles. The van der Waals surface area contributed by atoms with Crippen LogP contribution in [0.3, 0.4) is 0 Å². The number of pyridine rings is 1. The Hall–Kier alpha value is -3.13. The first-order chi connectivity index (χ1) is 24.3. The fraction of sp³-hybridized carbons (Fsp3) is 0.641. The van der Waals surface area contributed by atoms with E-state index in [1.807, 2.05) is 50.2 Å². The van der Waals surface area contributed by atoms with Gasteiger partial charge in [0.2, 0.25) is 0 Å². The van der Waals surface area contributed by atoms with Crippen molar-refractivity contribution in [1.82, 2.24) is 9.88 Å². The molecule has 1 saturated heterocycles. The smallest absolute Gasteiger partial charge is 0.308 e. The molecule has 0 radical (unpaired) electrons. The number of nitrogens with zero attached hydrogens (tertiary/aromatic N) is 2. The Morgan fingerprint density at radius 2 is 1.88 bits per heavy atom. The standard InChI is InChI=1S/C39H57FN2O9/c1-8-33-30(22-40)19-24(2)13-14-31(44)25(3)20-29(15-17-43)37(26(4)32(45)21-34(46)50-33)51-39-36(47)35(42(6)7)38(27(5)49-39)48-18-10-12-28-11-9-16-41-23-28/h9-14,16-17,19,23,25-27,29-30,32-33,35-39,45,47H,8,15,18,20-22H2,1-7H3/b12-10+,14-13+,24-19+/t25-,26+,27-,29+,30-,32-,33-,35-,36-,37-,38-,39+/m1/s1. The van der Waals surface area contributed by atoms with Crippen molar-refractivity contribution in [3.8, 4) is 0 Å². The predicted octanol–water partition coefficient (Wildman–Crippen LogP) is 4.51. The van der Waals surface area contributed by atoms with Crippen LogP contribution in [-0.4, -0.2) is 114 Å². The first-order valence-corrected chi connectivity index (χ1v) is 17.9. The summed E-state index contributed by atoms with van der Waals surface area (Å²) in [5.41, 5.74) is 1.56. The average molecular weight is 717 g/mol. The number of aliphatic hydroxyl groups is 2. The summed E-state index contributed by atoms with van der Waals surface area (Å²) in [4.78, 5) is 44.4. The quantitative estimate of drug-likeness (QED) is 0.247. The predicted molar refractivity (Wildman–Crippen MR) is 191 cm³/mol. The number of aromatic nitrogens is 1. The minimum Gasteiger partial charge on any atom is -0.462 e. The number of ether oxygens (including phenoxy) is 4. The first-order valence-electron chi connectivity index (χ1n) is 17.9. The number of allylic oxidation sites excluding steroid dienone is 3. The van der Waals surface area contributed by atoms with Crippen molar-refractivity contribution in [1.29, 1.82) is 0 Å². The maximum atomic E-state index is 14.1. The van der Waals surface area contributed by atoms with Gasteiger partial charge in [0.05, 0.1) is 44.1 Å². The molecule has 284 valence electrons. The van der Waals surface area contributed by atoms with Crippen molar-refractivity contribution in [2.45, 2.75) is 109 Å². The molecular formula is C39H57FN2O9. The number of ketones is 1. The number of likely N-dealkylation sites (N-methyl/N-ethyl adjacent to an activating group) is 1. The summed E-state index contributed by atoms with van der Waals surface area (Å²) in [5, 5.41) is 23.1. The number of esters is 1. The molecule has 0 spiro atoms. The van der Waals surface area contributed by atoms with E-state index in [4.69, 9.17) is 18.9 Å². The fourth-order valence-corrected chi connectivity index (χ4v) is 6.94. The third kappa shape index (κ3) is 12.2. The van der Waals surface area contributed by atoms with Crippen molar-refractivity contribution < 1.29 is 47.9 Å². The monoisotopic (exact) mass is 716 g/mol. The number of alkyl halides is 1. The molecule has 51 heavy (non-hydrogen) atoms. The second-order valence-electron chi connectivity index (χ2n) is 14.1. The lowest BCUT2D eigenvalue weighted by molar-refractivity contribution is -0.308. The molecule has 11 nitrogen and oxygen atoms in total. The Bertz CT molecular complexity index is 1340. The maximum Gasteiger partial charge on any atom is 0.308 e. The summed E-state index contributed by atoms with van der Waals surface area (Å²) in [5.74, 6) is -3.53. The number of carbonyl (C=O) groups excluding carboxylic acids is 3. The molecule has 0 aromatic carbocycles. The Morgan fingerprint density at radius 3 is 2.51 bits per heavy atom. The zero-order chi connectivity index (χ0) is 37.7. The lowest BCUT2D eigenvalue weighted by Gasteiger charge is -2.48. The highest BCUT2D eigenvalue weighted by Gasteiger charge is 2.48. The zero-order valence-corrected chi connectivity index (χ0v) is 31.0. The van der Waals surface area contributed by atoms with Gasteiger partial charge in [-0.15, -0.1) is 0 Å². The highest BCUT2D eigenvalue weighted by Crippen LogP contribution is 2.35. The van der Waals surface area contributed by atoms with E-state index in [1.165, 1.54) is 6.08 Å². The summed E-state index contributed by atoms with van der Waals surface area (Å²) in [7, 11) is 3.64. The Labute approximate surface area is 301 Å². The van der Waals surface area contributed by atoms with Crippen LogP contribution in [-0.2, 0) is 33.3 Å². The zero-order valence-electron chi connectivity index (χ0n) is 31.0. The third-order valence-corrected chi connectivity index (χ3v) is 9.88. The lowest BCUT2D eigenvalue weighted by Crippen LogP contribution is -2.64. The van der Waals surface area contributed by atoms with Crippen LogP contribution in [0.5, 0.6) is 0 Å². The topological polar surface area (TPSA) is 145 Å². The second-order valence-corrected chi connectivity index (χ2v) is 14.1. The van der Waals surface area contributed by atoms with Crippen LogP contribution in [0.25, 0.3) is 6.08 Å². The molecular weight excluding hydrogens is 659 g/mol. The molecule has 3 rings (SSSR count). The van der Waals surface area contributed by atoms with Crippen molar-refractivity contribution in [2.75, 3.05) is 27.4 Å². The van der Waals surface area contributed by atoms with Gasteiger partial charge in [-0.3, -0.25) is 19.0 Å². The molecule has 2 aliphatic heterocycles. The number of aldehydes is 1. The molecule has 0 unspecified atom stereocenters. The Kier molecular flexibility index (Phi) is 17.2. The SMILES string of the molecule is CC[C@H]1OC(=O)C[C@@H](O)[C@H](C)[C@@H](O[C@@H]2O[C@H](C)[C@@H](OC/C=C/c3cccnc3)[C@H](N(C)C)[C@H]2O)[C@@H](CC=O)C[C@@H](C)C(=O)/C=C/C(C)=C/[C@@H]1CF. The number of rotatable bonds is 11. The summed E-state index contributed by atoms with van der Waals surface area (Å²) in [6, 6.07) is 3.20. The van der Waals surface area contributed by atoms with Gasteiger partial charge in [-0.2, -0.15) is 0 Å². The van der Waals surface area contributed by atoms with Crippen LogP contribution in [0.4, 0.5) is 4.39 Å². The van der Waals surface area contributed by atoms with E-state index in [-0.39, 0.29) is 25.2 Å². The number of halogens is 1. The number of hydrogen-bond donors (Lipinski definition) is 2. The van der Waals surface area contributed by atoms with Gasteiger partial charge >= 0.3 is 5.97 Å². The molecule has 0 bridgehead atoms. The number of carbonyl (C=O) groups is 3. The van der Waals surface area contributed by atoms with Crippen molar-refractivity contribution in [2.24, 2.45) is 23.7 Å². The van der Waals surface area contributed by atoms with Crippen LogP contribution < -0.4 is 0 Å². The lowest BCUT2D eigenvalue weighted by atomic mass is 9.79. The first kappa shape index (κ1) is 42.3. The normalized spacial score (nSPS) is 36.4. The Balaban J connectivity index is 1.91. The molecule has 12 heteroatoms. The van der Waals surface area contributed by atoms with Crippen LogP contribution >= 0.6 is 0 Å². The van der Waals surface area contributed by atoms with Crippen molar-refractivity contribution in [3.63, 3.8) is 0 Å². The maximum absolute atomic E-state index is 14.1.